The lowest BCUT2D eigenvalue weighted by molar-refractivity contribution is 0.669. The van der Waals surface area contributed by atoms with E-state index in [1.165, 1.54) is 53.2 Å². The molecule has 0 unspecified atom stereocenters. The second-order valence-electron chi connectivity index (χ2n) is 7.57. The summed E-state index contributed by atoms with van der Waals surface area (Å²) in [5, 5.41) is 5.07. The van der Waals surface area contributed by atoms with Crippen LogP contribution in [0.1, 0.15) is 11.1 Å². The number of thiophene rings is 1. The Bertz CT molecular complexity index is 1530. The molecule has 28 heavy (non-hydrogen) atoms. The van der Waals surface area contributed by atoms with Gasteiger partial charge < -0.3 is 4.42 Å². The Kier molecular flexibility index (Phi) is 3.24. The summed E-state index contributed by atoms with van der Waals surface area (Å²) in [4.78, 5) is 0. The van der Waals surface area contributed by atoms with Crippen LogP contribution in [0.4, 0.5) is 0 Å². The van der Waals surface area contributed by atoms with E-state index in [4.69, 9.17) is 4.42 Å². The van der Waals surface area contributed by atoms with Crippen LogP contribution in [0.15, 0.2) is 77.2 Å². The largest absolute Gasteiger partial charge is 0.456 e. The molecule has 2 heterocycles. The highest BCUT2D eigenvalue weighted by Gasteiger charge is 2.12. The normalized spacial score (nSPS) is 11.9. The molecule has 0 aliphatic heterocycles. The van der Waals surface area contributed by atoms with Crippen molar-refractivity contribution in [3.63, 3.8) is 0 Å². The van der Waals surface area contributed by atoms with Crippen molar-refractivity contribution in [2.45, 2.75) is 13.8 Å². The monoisotopic (exact) mass is 378 g/mol. The summed E-state index contributed by atoms with van der Waals surface area (Å²) in [6, 6.07) is 26.3. The molecule has 0 aliphatic carbocycles. The maximum atomic E-state index is 6.12. The fourth-order valence-corrected chi connectivity index (χ4v) is 5.37. The van der Waals surface area contributed by atoms with Gasteiger partial charge >= 0.3 is 0 Å². The molecule has 4 aromatic carbocycles. The first-order chi connectivity index (χ1) is 13.7. The fourth-order valence-electron chi connectivity index (χ4n) is 4.25. The minimum absolute atomic E-state index is 0.948. The Labute approximate surface area is 166 Å². The van der Waals surface area contributed by atoms with E-state index in [0.717, 1.165) is 11.2 Å². The van der Waals surface area contributed by atoms with Gasteiger partial charge in [-0.2, -0.15) is 0 Å². The molecule has 0 saturated heterocycles. The molecule has 0 amide bonds. The van der Waals surface area contributed by atoms with Crippen molar-refractivity contribution in [3.8, 4) is 11.1 Å². The van der Waals surface area contributed by atoms with Crippen molar-refractivity contribution < 1.29 is 4.42 Å². The van der Waals surface area contributed by atoms with Gasteiger partial charge in [-0.05, 0) is 66.9 Å². The summed E-state index contributed by atoms with van der Waals surface area (Å²) in [7, 11) is 0. The van der Waals surface area contributed by atoms with E-state index in [9.17, 15) is 0 Å². The zero-order chi connectivity index (χ0) is 18.8. The van der Waals surface area contributed by atoms with Crippen LogP contribution in [0.5, 0.6) is 0 Å². The molecule has 6 aromatic rings. The predicted octanol–water partition coefficient (Wildman–Crippen LogP) is 8.24. The van der Waals surface area contributed by atoms with Crippen LogP contribution in [0.2, 0.25) is 0 Å². The van der Waals surface area contributed by atoms with Crippen molar-refractivity contribution in [2.75, 3.05) is 0 Å². The number of hydrogen-bond acceptors (Lipinski definition) is 2. The molecule has 6 rings (SSSR count). The zero-order valence-corrected chi connectivity index (χ0v) is 16.6. The number of furan rings is 1. The lowest BCUT2D eigenvalue weighted by Crippen LogP contribution is -1.83. The van der Waals surface area contributed by atoms with Gasteiger partial charge in [0.1, 0.15) is 11.2 Å². The summed E-state index contributed by atoms with van der Waals surface area (Å²) in [6.45, 7) is 4.35. The topological polar surface area (TPSA) is 13.1 Å². The maximum absolute atomic E-state index is 6.12. The molecule has 0 aliphatic rings. The quantitative estimate of drug-likeness (QED) is 0.281. The van der Waals surface area contributed by atoms with E-state index in [-0.39, 0.29) is 0 Å². The van der Waals surface area contributed by atoms with E-state index in [0.29, 0.717) is 0 Å². The molecule has 0 spiro atoms. The van der Waals surface area contributed by atoms with Crippen molar-refractivity contribution in [1.82, 2.24) is 0 Å². The highest BCUT2D eigenvalue weighted by atomic mass is 32.1. The van der Waals surface area contributed by atoms with Crippen LogP contribution in [0.3, 0.4) is 0 Å². The Balaban J connectivity index is 1.59. The van der Waals surface area contributed by atoms with Crippen molar-refractivity contribution in [3.05, 3.63) is 83.9 Å². The van der Waals surface area contributed by atoms with Crippen LogP contribution >= 0.6 is 11.3 Å². The molecule has 0 bridgehead atoms. The summed E-state index contributed by atoms with van der Waals surface area (Å²) < 4.78 is 8.81. The Morgan fingerprint density at radius 1 is 0.643 bits per heavy atom. The lowest BCUT2D eigenvalue weighted by Gasteiger charge is -2.07. The van der Waals surface area contributed by atoms with Gasteiger partial charge in [-0.1, -0.05) is 42.0 Å². The third-order valence-corrected chi connectivity index (χ3v) is 6.80. The SMILES string of the molecule is Cc1ccc2sc3cc(-c4cc5oc6ccccc6c5cc4C)ccc3c2c1. The van der Waals surface area contributed by atoms with E-state index in [2.05, 4.69) is 74.5 Å². The van der Waals surface area contributed by atoms with Gasteiger partial charge in [0.2, 0.25) is 0 Å². The molecule has 0 radical (unpaired) electrons. The zero-order valence-electron chi connectivity index (χ0n) is 15.7. The molecule has 134 valence electrons. The van der Waals surface area contributed by atoms with Gasteiger partial charge in [0, 0.05) is 30.9 Å². The van der Waals surface area contributed by atoms with Gasteiger partial charge in [0.15, 0.2) is 0 Å². The van der Waals surface area contributed by atoms with Crippen molar-refractivity contribution in [1.29, 1.82) is 0 Å². The van der Waals surface area contributed by atoms with Crippen LogP contribution in [-0.4, -0.2) is 0 Å². The van der Waals surface area contributed by atoms with Gasteiger partial charge in [0.05, 0.1) is 0 Å². The number of rotatable bonds is 1. The first kappa shape index (κ1) is 15.9. The first-order valence-electron chi connectivity index (χ1n) is 9.52. The highest BCUT2D eigenvalue weighted by Crippen LogP contribution is 2.39. The second-order valence-corrected chi connectivity index (χ2v) is 8.66. The third-order valence-electron chi connectivity index (χ3n) is 5.66. The minimum Gasteiger partial charge on any atom is -0.456 e. The van der Waals surface area contributed by atoms with Crippen LogP contribution in [0.25, 0.3) is 53.2 Å². The summed E-state index contributed by atoms with van der Waals surface area (Å²) in [6.07, 6.45) is 0. The molecule has 0 atom stereocenters. The Morgan fingerprint density at radius 2 is 1.54 bits per heavy atom. The second kappa shape index (κ2) is 5.70. The average molecular weight is 378 g/mol. The number of benzene rings is 4. The third kappa shape index (κ3) is 2.25. The molecule has 2 aromatic heterocycles. The van der Waals surface area contributed by atoms with Gasteiger partial charge in [-0.25, -0.2) is 0 Å². The van der Waals surface area contributed by atoms with Gasteiger partial charge in [0.25, 0.3) is 0 Å². The molecular weight excluding hydrogens is 360 g/mol. The standard InChI is InChI=1S/C26H18OS/c1-15-7-10-25-22(11-15)19-9-8-17(13-26(19)28-25)20-14-24-21(12-16(20)2)18-5-3-4-6-23(18)27-24/h3-14H,1-2H3. The Morgan fingerprint density at radius 3 is 2.46 bits per heavy atom. The highest BCUT2D eigenvalue weighted by molar-refractivity contribution is 7.25. The van der Waals surface area contributed by atoms with Crippen molar-refractivity contribution in [2.24, 2.45) is 0 Å². The van der Waals surface area contributed by atoms with Crippen LogP contribution < -0.4 is 0 Å². The molecule has 0 saturated carbocycles. The molecule has 1 nitrogen and oxygen atoms in total. The molecular formula is C26H18OS. The summed E-state index contributed by atoms with van der Waals surface area (Å²) in [5.74, 6) is 0. The van der Waals surface area contributed by atoms with E-state index < -0.39 is 0 Å². The van der Waals surface area contributed by atoms with E-state index in [1.54, 1.807) is 0 Å². The number of fused-ring (bicyclic) bond motifs is 6. The van der Waals surface area contributed by atoms with E-state index >= 15 is 0 Å². The number of aryl methyl sites for hydroxylation is 2. The van der Waals surface area contributed by atoms with Crippen molar-refractivity contribution >= 4 is 53.4 Å². The smallest absolute Gasteiger partial charge is 0.136 e. The average Bonchev–Trinajstić information content (AvgIpc) is 3.24. The number of para-hydroxylation sites is 1. The lowest BCUT2D eigenvalue weighted by atomic mass is 9.97. The number of hydrogen-bond donors (Lipinski definition) is 0. The van der Waals surface area contributed by atoms with Crippen LogP contribution in [-0.2, 0) is 0 Å². The maximum Gasteiger partial charge on any atom is 0.136 e. The molecule has 0 N–H and O–H groups in total. The molecule has 0 fully saturated rings. The molecule has 2 heteroatoms. The predicted molar refractivity (Wildman–Crippen MR) is 122 cm³/mol. The van der Waals surface area contributed by atoms with Gasteiger partial charge in [-0.3, -0.25) is 0 Å². The van der Waals surface area contributed by atoms with Crippen LogP contribution in [0, 0.1) is 13.8 Å². The summed E-state index contributed by atoms with van der Waals surface area (Å²) >= 11 is 1.87. The Hall–Kier alpha value is -3.10. The first-order valence-corrected chi connectivity index (χ1v) is 10.3. The summed E-state index contributed by atoms with van der Waals surface area (Å²) in [5.41, 5.74) is 6.97. The fraction of sp³-hybridized carbons (Fsp3) is 0.0769. The van der Waals surface area contributed by atoms with E-state index in [1.807, 2.05) is 23.5 Å². The van der Waals surface area contributed by atoms with Gasteiger partial charge in [-0.15, -0.1) is 11.3 Å². The minimum atomic E-state index is 0.948.